The number of nitrogens with zero attached hydrogens (tertiary/aromatic N) is 2. The molecule has 3 rings (SSSR count). The summed E-state index contributed by atoms with van der Waals surface area (Å²) in [5.74, 6) is 2.02. The Morgan fingerprint density at radius 2 is 1.66 bits per heavy atom. The molecule has 4 nitrogen and oxygen atoms in total. The predicted molar refractivity (Wildman–Crippen MR) is 123 cm³/mol. The van der Waals surface area contributed by atoms with Crippen LogP contribution in [0, 0.1) is 0 Å². The van der Waals surface area contributed by atoms with Crippen LogP contribution < -0.4 is 5.32 Å². The standard InChI is InChI=1S/C24H29N3OS/c1-17(2)21-7-5-8-22(18(3)4)24(21)26-23(28)16-29-15-19-9-11-20(12-10-19)27-14-6-13-25-27/h5-14,17-18H,15-16H2,1-4H3,(H,26,28). The Kier molecular flexibility index (Phi) is 7.15. The van der Waals surface area contributed by atoms with E-state index in [4.69, 9.17) is 0 Å². The van der Waals surface area contributed by atoms with Gasteiger partial charge < -0.3 is 5.32 Å². The maximum atomic E-state index is 12.6. The van der Waals surface area contributed by atoms with E-state index >= 15 is 0 Å². The van der Waals surface area contributed by atoms with Crippen LogP contribution in [0.2, 0.25) is 0 Å². The molecule has 1 aromatic heterocycles. The molecule has 29 heavy (non-hydrogen) atoms. The quantitative estimate of drug-likeness (QED) is 0.499. The lowest BCUT2D eigenvalue weighted by Gasteiger charge is -2.20. The zero-order chi connectivity index (χ0) is 20.8. The molecule has 0 bridgehead atoms. The van der Waals surface area contributed by atoms with Gasteiger partial charge in [-0.3, -0.25) is 4.79 Å². The summed E-state index contributed by atoms with van der Waals surface area (Å²) in [4.78, 5) is 12.6. The fourth-order valence-electron chi connectivity index (χ4n) is 3.30. The topological polar surface area (TPSA) is 46.9 Å². The maximum Gasteiger partial charge on any atom is 0.234 e. The second-order valence-corrected chi connectivity index (χ2v) is 8.76. The summed E-state index contributed by atoms with van der Waals surface area (Å²) < 4.78 is 1.84. The number of amides is 1. The lowest BCUT2D eigenvalue weighted by molar-refractivity contribution is -0.113. The lowest BCUT2D eigenvalue weighted by Crippen LogP contribution is -2.17. The van der Waals surface area contributed by atoms with Crippen LogP contribution in [0.1, 0.15) is 56.2 Å². The van der Waals surface area contributed by atoms with Crippen molar-refractivity contribution < 1.29 is 4.79 Å². The molecule has 152 valence electrons. The zero-order valence-electron chi connectivity index (χ0n) is 17.6. The number of carbonyl (C=O) groups excluding carboxylic acids is 1. The number of hydrogen-bond donors (Lipinski definition) is 1. The predicted octanol–water partition coefficient (Wildman–Crippen LogP) is 5.99. The van der Waals surface area contributed by atoms with Gasteiger partial charge in [-0.15, -0.1) is 11.8 Å². The summed E-state index contributed by atoms with van der Waals surface area (Å²) in [6.07, 6.45) is 3.69. The first-order valence-corrected chi connectivity index (χ1v) is 11.2. The minimum Gasteiger partial charge on any atom is -0.325 e. The van der Waals surface area contributed by atoms with Gasteiger partial charge in [-0.05, 0) is 46.7 Å². The van der Waals surface area contributed by atoms with Crippen LogP contribution in [0.5, 0.6) is 0 Å². The van der Waals surface area contributed by atoms with Gasteiger partial charge in [-0.1, -0.05) is 58.0 Å². The number of nitrogens with one attached hydrogen (secondary N) is 1. The highest BCUT2D eigenvalue weighted by molar-refractivity contribution is 7.99. The third-order valence-corrected chi connectivity index (χ3v) is 5.85. The van der Waals surface area contributed by atoms with Crippen LogP contribution >= 0.6 is 11.8 Å². The van der Waals surface area contributed by atoms with Crippen LogP contribution in [0.4, 0.5) is 5.69 Å². The first kappa shape index (κ1) is 21.2. The zero-order valence-corrected chi connectivity index (χ0v) is 18.4. The normalized spacial score (nSPS) is 11.2. The van der Waals surface area contributed by atoms with E-state index in [0.29, 0.717) is 17.6 Å². The Morgan fingerprint density at radius 1 is 1.00 bits per heavy atom. The van der Waals surface area contributed by atoms with Crippen LogP contribution in [0.25, 0.3) is 5.69 Å². The van der Waals surface area contributed by atoms with Gasteiger partial charge >= 0.3 is 0 Å². The largest absolute Gasteiger partial charge is 0.325 e. The molecule has 0 atom stereocenters. The van der Waals surface area contributed by atoms with Crippen molar-refractivity contribution in [2.45, 2.75) is 45.3 Å². The van der Waals surface area contributed by atoms with E-state index in [1.54, 1.807) is 18.0 Å². The molecule has 0 aliphatic heterocycles. The lowest BCUT2D eigenvalue weighted by atomic mass is 9.92. The van der Waals surface area contributed by atoms with Gasteiger partial charge in [-0.25, -0.2) is 4.68 Å². The average molecular weight is 408 g/mol. The number of rotatable bonds is 8. The summed E-state index contributed by atoms with van der Waals surface area (Å²) >= 11 is 1.63. The molecule has 0 saturated heterocycles. The first-order chi connectivity index (χ1) is 14.0. The van der Waals surface area contributed by atoms with Crippen molar-refractivity contribution in [3.63, 3.8) is 0 Å². The van der Waals surface area contributed by atoms with Gasteiger partial charge in [0, 0.05) is 23.8 Å². The fraction of sp³-hybridized carbons (Fsp3) is 0.333. The minimum atomic E-state index is 0.0539. The molecular weight excluding hydrogens is 378 g/mol. The molecule has 0 fully saturated rings. The van der Waals surface area contributed by atoms with Crippen LogP contribution in [0.15, 0.2) is 60.9 Å². The van der Waals surface area contributed by atoms with Gasteiger partial charge in [0.1, 0.15) is 0 Å². The van der Waals surface area contributed by atoms with Crippen molar-refractivity contribution in [1.82, 2.24) is 9.78 Å². The number of para-hydroxylation sites is 1. The molecule has 0 saturated carbocycles. The Morgan fingerprint density at radius 3 is 2.21 bits per heavy atom. The van der Waals surface area contributed by atoms with Crippen LogP contribution in [-0.4, -0.2) is 21.4 Å². The number of anilines is 1. The highest BCUT2D eigenvalue weighted by Gasteiger charge is 2.15. The molecule has 0 radical (unpaired) electrons. The third-order valence-electron chi connectivity index (χ3n) is 4.84. The second-order valence-electron chi connectivity index (χ2n) is 7.78. The van der Waals surface area contributed by atoms with E-state index < -0.39 is 0 Å². The van der Waals surface area contributed by atoms with Gasteiger partial charge in [-0.2, -0.15) is 5.10 Å². The van der Waals surface area contributed by atoms with Gasteiger partial charge in [0.2, 0.25) is 5.91 Å². The summed E-state index contributed by atoms with van der Waals surface area (Å²) in [5.41, 5.74) is 5.62. The van der Waals surface area contributed by atoms with E-state index in [9.17, 15) is 4.79 Å². The van der Waals surface area contributed by atoms with Gasteiger partial charge in [0.05, 0.1) is 11.4 Å². The Balaban J connectivity index is 1.58. The van der Waals surface area contributed by atoms with E-state index in [2.05, 4.69) is 80.6 Å². The van der Waals surface area contributed by atoms with Crippen molar-refractivity contribution in [2.24, 2.45) is 0 Å². The average Bonchev–Trinajstić information content (AvgIpc) is 3.23. The van der Waals surface area contributed by atoms with Crippen molar-refractivity contribution >= 4 is 23.4 Å². The third kappa shape index (κ3) is 5.51. The van der Waals surface area contributed by atoms with E-state index in [1.165, 1.54) is 16.7 Å². The summed E-state index contributed by atoms with van der Waals surface area (Å²) in [6.45, 7) is 8.65. The van der Waals surface area contributed by atoms with Crippen LogP contribution in [-0.2, 0) is 10.5 Å². The first-order valence-electron chi connectivity index (χ1n) is 10.0. The molecule has 0 unspecified atom stereocenters. The van der Waals surface area contributed by atoms with Crippen molar-refractivity contribution in [3.8, 4) is 5.69 Å². The second kappa shape index (κ2) is 9.79. The SMILES string of the molecule is CC(C)c1cccc(C(C)C)c1NC(=O)CSCc1ccc(-n2cccn2)cc1. The van der Waals surface area contributed by atoms with Gasteiger partial charge in [0.25, 0.3) is 0 Å². The van der Waals surface area contributed by atoms with Crippen LogP contribution in [0.3, 0.4) is 0 Å². The summed E-state index contributed by atoms with van der Waals surface area (Å²) in [7, 11) is 0. The van der Waals surface area contributed by atoms with Crippen molar-refractivity contribution in [2.75, 3.05) is 11.1 Å². The minimum absolute atomic E-state index is 0.0539. The number of hydrogen-bond acceptors (Lipinski definition) is 3. The Labute approximate surface area is 177 Å². The summed E-state index contributed by atoms with van der Waals surface area (Å²) in [5, 5.41) is 7.42. The Hall–Kier alpha value is -2.53. The van der Waals surface area contributed by atoms with E-state index in [-0.39, 0.29) is 5.91 Å². The highest BCUT2D eigenvalue weighted by Crippen LogP contribution is 2.32. The number of carbonyl (C=O) groups is 1. The Bertz CT molecular complexity index is 905. The smallest absolute Gasteiger partial charge is 0.234 e. The molecule has 0 aliphatic rings. The maximum absolute atomic E-state index is 12.6. The molecule has 2 aromatic carbocycles. The molecule has 1 N–H and O–H groups in total. The number of thioether (sulfide) groups is 1. The molecule has 0 spiro atoms. The van der Waals surface area contributed by atoms with Crippen molar-refractivity contribution in [3.05, 3.63) is 77.6 Å². The molecule has 3 aromatic rings. The molecular formula is C24H29N3OS. The molecule has 1 heterocycles. The number of aromatic nitrogens is 2. The molecule has 1 amide bonds. The highest BCUT2D eigenvalue weighted by atomic mass is 32.2. The monoisotopic (exact) mass is 407 g/mol. The molecule has 5 heteroatoms. The van der Waals surface area contributed by atoms with E-state index in [0.717, 1.165) is 17.1 Å². The number of benzene rings is 2. The van der Waals surface area contributed by atoms with Crippen molar-refractivity contribution in [1.29, 1.82) is 0 Å². The fourth-order valence-corrected chi connectivity index (χ4v) is 4.09. The van der Waals surface area contributed by atoms with Gasteiger partial charge in [0.15, 0.2) is 0 Å². The van der Waals surface area contributed by atoms with E-state index in [1.807, 2.05) is 16.9 Å². The molecule has 0 aliphatic carbocycles. The summed E-state index contributed by atoms with van der Waals surface area (Å²) in [6, 6.07) is 16.5.